The van der Waals surface area contributed by atoms with Gasteiger partial charge in [-0.2, -0.15) is 0 Å². The average molecular weight is 657 g/mol. The lowest BCUT2D eigenvalue weighted by Crippen LogP contribution is -2.54. The summed E-state index contributed by atoms with van der Waals surface area (Å²) in [5.41, 5.74) is -1.90. The van der Waals surface area contributed by atoms with Gasteiger partial charge in [-0.25, -0.2) is 0 Å². The Bertz CT molecular complexity index is 726. The summed E-state index contributed by atoms with van der Waals surface area (Å²) in [6, 6.07) is 1.12. The number of carbonyl (C=O) groups is 2. The van der Waals surface area contributed by atoms with Crippen molar-refractivity contribution in [3.63, 3.8) is 0 Å². The minimum absolute atomic E-state index is 0.0245. The van der Waals surface area contributed by atoms with Gasteiger partial charge in [0.15, 0.2) is 38.7 Å². The van der Waals surface area contributed by atoms with E-state index in [0.29, 0.717) is 12.1 Å². The lowest BCUT2D eigenvalue weighted by Gasteiger charge is -2.41. The fourth-order valence-electron chi connectivity index (χ4n) is 5.92. The number of carboxylic acid groups (broad SMARTS) is 2. The van der Waals surface area contributed by atoms with E-state index in [1.807, 2.05) is 13.8 Å². The van der Waals surface area contributed by atoms with Crippen LogP contribution in [-0.4, -0.2) is 72.5 Å². The highest BCUT2D eigenvalue weighted by Crippen LogP contribution is 2.41. The highest BCUT2D eigenvalue weighted by molar-refractivity contribution is 6.88. The van der Waals surface area contributed by atoms with Crippen molar-refractivity contribution in [2.45, 2.75) is 130 Å². The first kappa shape index (κ1) is 39.1. The molecule has 0 radical (unpaired) electrons. The molecule has 0 saturated heterocycles. The van der Waals surface area contributed by atoms with Crippen LogP contribution in [0.3, 0.4) is 0 Å². The summed E-state index contributed by atoms with van der Waals surface area (Å²) < 4.78 is 26.5. The van der Waals surface area contributed by atoms with E-state index >= 15 is 0 Å². The smallest absolute Gasteiger partial charge is 0.321 e. The summed E-state index contributed by atoms with van der Waals surface area (Å²) in [4.78, 5) is 25.4. The molecule has 0 fully saturated rings. The van der Waals surface area contributed by atoms with Gasteiger partial charge in [-0.15, -0.1) is 0 Å². The van der Waals surface area contributed by atoms with Gasteiger partial charge >= 0.3 is 29.1 Å². The van der Waals surface area contributed by atoms with Gasteiger partial charge in [-0.05, 0) is 128 Å². The number of carboxylic acids is 2. The van der Waals surface area contributed by atoms with Crippen LogP contribution in [0.15, 0.2) is 0 Å². The third-order valence-electron chi connectivity index (χ3n) is 5.74. The summed E-state index contributed by atoms with van der Waals surface area (Å²) >= 11 is 0. The molecule has 2 N–H and O–H groups in total. The Hall–Kier alpha value is 0.0813. The van der Waals surface area contributed by atoms with Crippen molar-refractivity contribution in [3.8, 4) is 0 Å². The third kappa shape index (κ3) is 15.8. The van der Waals surface area contributed by atoms with Gasteiger partial charge < -0.3 is 26.7 Å². The van der Waals surface area contributed by atoms with Crippen LogP contribution < -0.4 is 0 Å². The van der Waals surface area contributed by atoms with Gasteiger partial charge in [-0.3, -0.25) is 9.59 Å². The molecule has 0 aliphatic carbocycles. The zero-order valence-corrected chi connectivity index (χ0v) is 33.8. The van der Waals surface area contributed by atoms with E-state index in [2.05, 4.69) is 91.7 Å². The van der Waals surface area contributed by atoms with Gasteiger partial charge in [0.25, 0.3) is 0 Å². The first-order chi connectivity index (χ1) is 16.9. The Morgan fingerprint density at radius 3 is 0.897 bits per heavy atom. The van der Waals surface area contributed by atoms with Crippen LogP contribution >= 0.6 is 0 Å². The van der Waals surface area contributed by atoms with Crippen molar-refractivity contribution in [1.29, 1.82) is 0 Å². The van der Waals surface area contributed by atoms with Crippen LogP contribution in [0.25, 0.3) is 0 Å². The van der Waals surface area contributed by atoms with Crippen LogP contribution in [0.5, 0.6) is 0 Å². The predicted octanol–water partition coefficient (Wildman–Crippen LogP) is 7.74. The number of aliphatic carboxylic acids is 2. The summed E-state index contributed by atoms with van der Waals surface area (Å²) in [5, 5.41) is 20.8. The molecule has 0 bridgehead atoms. The average Bonchev–Trinajstić information content (AvgIpc) is 2.51. The van der Waals surface area contributed by atoms with E-state index in [1.54, 1.807) is 0 Å². The predicted molar refractivity (Wildman–Crippen MR) is 176 cm³/mol. The molecule has 0 aromatic rings. The maximum Gasteiger partial charge on any atom is 0.321 e. The first-order valence-electron chi connectivity index (χ1n) is 14.2. The van der Waals surface area contributed by atoms with Crippen molar-refractivity contribution in [3.05, 3.63) is 0 Å². The minimum atomic E-state index is -2.67. The molecule has 2 atom stereocenters. The second-order valence-corrected chi connectivity index (χ2v) is 41.4. The second kappa shape index (κ2) is 13.6. The third-order valence-corrected chi connectivity index (χ3v) is 25.3. The molecular weight excluding hydrogens is 597 g/mol. The Morgan fingerprint density at radius 1 is 0.538 bits per heavy atom. The molecule has 2 unspecified atom stereocenters. The molecule has 0 spiro atoms. The monoisotopic (exact) mass is 656 g/mol. The zero-order valence-electron chi connectivity index (χ0n) is 27.8. The molecule has 0 aromatic heterocycles. The van der Waals surface area contributed by atoms with Crippen LogP contribution in [0.1, 0.15) is 26.7 Å². The molecule has 0 aliphatic heterocycles. The molecule has 0 heterocycles. The van der Waals surface area contributed by atoms with Crippen molar-refractivity contribution >= 4 is 62.3 Å². The number of hydrogen-bond donors (Lipinski definition) is 2. The summed E-state index contributed by atoms with van der Waals surface area (Å²) in [7, 11) is -13.1. The van der Waals surface area contributed by atoms with E-state index < -0.39 is 67.7 Å². The molecule has 14 heteroatoms. The maximum absolute atomic E-state index is 12.7. The second-order valence-electron chi connectivity index (χ2n) is 15.8. The maximum atomic E-state index is 12.7. The van der Waals surface area contributed by atoms with Crippen molar-refractivity contribution < 1.29 is 36.3 Å². The van der Waals surface area contributed by atoms with Crippen LogP contribution in [-0.2, 0) is 26.0 Å². The molecular formula is C25H60O8Si6. The molecule has 39 heavy (non-hydrogen) atoms. The Balaban J connectivity index is 6.17. The molecule has 0 rings (SSSR count). The largest absolute Gasteiger partial charge is 0.480 e. The van der Waals surface area contributed by atoms with Crippen LogP contribution in [0.4, 0.5) is 0 Å². The van der Waals surface area contributed by atoms with E-state index in [0.717, 1.165) is 0 Å². The molecule has 232 valence electrons. The SMILES string of the molecule is CC(CC(CC(C)C[Si](C)(O[Si](C)(C)C)O[Si](C)(C)C)(C(=O)O)C(=O)O)C[Si](C)(O[Si](C)(C)C)O[Si](C)(C)C. The normalized spacial score (nSPS) is 16.2. The lowest BCUT2D eigenvalue weighted by molar-refractivity contribution is -0.167. The highest BCUT2D eigenvalue weighted by Gasteiger charge is 2.52. The van der Waals surface area contributed by atoms with Crippen molar-refractivity contribution in [2.24, 2.45) is 17.3 Å². The summed E-state index contributed by atoms with van der Waals surface area (Å²) in [6.07, 6.45) is 0.0491. The van der Waals surface area contributed by atoms with E-state index in [-0.39, 0.29) is 24.7 Å². The summed E-state index contributed by atoms with van der Waals surface area (Å²) in [6.45, 7) is 33.5. The van der Waals surface area contributed by atoms with Crippen molar-refractivity contribution in [1.82, 2.24) is 0 Å². The van der Waals surface area contributed by atoms with E-state index in [9.17, 15) is 19.8 Å². The number of rotatable bonds is 18. The van der Waals surface area contributed by atoms with Gasteiger partial charge in [0.05, 0.1) is 0 Å². The molecule has 0 amide bonds. The molecule has 8 nitrogen and oxygen atoms in total. The van der Waals surface area contributed by atoms with Gasteiger partial charge in [0.1, 0.15) is 0 Å². The Kier molecular flexibility index (Phi) is 13.6. The topological polar surface area (TPSA) is 112 Å². The first-order valence-corrected chi connectivity index (χ1v) is 32.9. The fraction of sp³-hybridized carbons (Fsp3) is 0.920. The van der Waals surface area contributed by atoms with Gasteiger partial charge in [0.2, 0.25) is 0 Å². The molecule has 0 aromatic carbocycles. The van der Waals surface area contributed by atoms with Crippen LogP contribution in [0.2, 0.25) is 104 Å². The quantitative estimate of drug-likeness (QED) is 0.114. The molecule has 0 saturated carbocycles. The Morgan fingerprint density at radius 2 is 0.744 bits per heavy atom. The van der Waals surface area contributed by atoms with Crippen molar-refractivity contribution in [2.75, 3.05) is 0 Å². The fourth-order valence-corrected chi connectivity index (χ4v) is 31.9. The van der Waals surface area contributed by atoms with E-state index in [4.69, 9.17) is 16.5 Å². The lowest BCUT2D eigenvalue weighted by atomic mass is 9.74. The van der Waals surface area contributed by atoms with Gasteiger partial charge in [0, 0.05) is 0 Å². The van der Waals surface area contributed by atoms with E-state index in [1.165, 1.54) is 0 Å². The summed E-state index contributed by atoms with van der Waals surface area (Å²) in [5.74, 6) is -2.97. The number of hydrogen-bond acceptors (Lipinski definition) is 6. The molecule has 0 aliphatic rings. The zero-order chi connectivity index (χ0) is 31.5. The minimum Gasteiger partial charge on any atom is -0.480 e. The van der Waals surface area contributed by atoms with Crippen LogP contribution in [0, 0.1) is 17.3 Å². The Labute approximate surface area is 245 Å². The van der Waals surface area contributed by atoms with Gasteiger partial charge in [-0.1, -0.05) is 13.8 Å². The highest BCUT2D eigenvalue weighted by atomic mass is 28.5. The standard InChI is InChI=1S/C25H60O8Si6/c1-21(19-38(15,30-34(3,4)5)31-35(6,7)8)17-25(23(26)27,24(28)29)18-22(2)20-39(16,32-36(9,10)11)33-37(12,13)14/h21-22H,17-20H2,1-16H3,(H,26,27)(H,28,29).